The van der Waals surface area contributed by atoms with Crippen LogP contribution in [0.1, 0.15) is 87.9 Å². The Hall–Kier alpha value is -5.82. The van der Waals surface area contributed by atoms with Crippen molar-refractivity contribution >= 4 is 47.8 Å². The molecule has 2 aliphatic heterocycles. The van der Waals surface area contributed by atoms with Gasteiger partial charge in [-0.3, -0.25) is 9.59 Å². The van der Waals surface area contributed by atoms with Crippen LogP contribution >= 0.6 is 0 Å². The van der Waals surface area contributed by atoms with Crippen molar-refractivity contribution in [1.29, 1.82) is 0 Å². The predicted octanol–water partition coefficient (Wildman–Crippen LogP) is 1.78. The summed E-state index contributed by atoms with van der Waals surface area (Å²) in [6.07, 6.45) is 2.63. The maximum Gasteiger partial charge on any atom is 0.346 e. The van der Waals surface area contributed by atoms with Crippen molar-refractivity contribution in [3.8, 4) is 0 Å². The molecule has 0 fully saturated rings. The number of aliphatic carboxylic acids is 2. The van der Waals surface area contributed by atoms with Gasteiger partial charge in [0.1, 0.15) is 0 Å². The first-order valence-electron chi connectivity index (χ1n) is 15.0. The van der Waals surface area contributed by atoms with Gasteiger partial charge in [-0.25, -0.2) is 28.8 Å². The highest BCUT2D eigenvalue weighted by molar-refractivity contribution is 6.14. The third-order valence-electron chi connectivity index (χ3n) is 5.62. The fraction of sp³-hybridized carbons (Fsp3) is 0.353. The first kappa shape index (κ1) is 48.3. The Morgan fingerprint density at radius 2 is 1.02 bits per heavy atom. The zero-order chi connectivity index (χ0) is 40.4. The molecule has 1 unspecified atom stereocenters. The second-order valence-electron chi connectivity index (χ2n) is 11.0. The van der Waals surface area contributed by atoms with Crippen LogP contribution in [0.4, 0.5) is 0 Å². The zero-order valence-corrected chi connectivity index (χ0v) is 28.5. The number of rotatable bonds is 10. The third-order valence-corrected chi connectivity index (χ3v) is 5.62. The average molecular weight is 739 g/mol. The maximum absolute atomic E-state index is 10.8. The van der Waals surface area contributed by atoms with Gasteiger partial charge in [-0.15, -0.1) is 0 Å². The molecule has 0 spiro atoms. The van der Waals surface area contributed by atoms with E-state index in [-0.39, 0.29) is 49.2 Å². The molecule has 18 nitrogen and oxygen atoms in total. The topological polar surface area (TPSA) is 317 Å². The molecular weight excluding hydrogens is 696 g/mol. The summed E-state index contributed by atoms with van der Waals surface area (Å²) in [6, 6.07) is 11.7. The van der Waals surface area contributed by atoms with Crippen molar-refractivity contribution in [2.45, 2.75) is 52.6 Å². The van der Waals surface area contributed by atoms with Crippen molar-refractivity contribution in [1.82, 2.24) is 0 Å². The summed E-state index contributed by atoms with van der Waals surface area (Å²) in [5.74, 6) is -6.25. The van der Waals surface area contributed by atoms with Gasteiger partial charge in [0.2, 0.25) is 0 Å². The van der Waals surface area contributed by atoms with E-state index in [0.717, 1.165) is 18.2 Å². The quantitative estimate of drug-likeness (QED) is 0.0978. The van der Waals surface area contributed by atoms with Gasteiger partial charge in [-0.2, -0.15) is 0 Å². The number of ether oxygens (including phenoxy) is 2. The molecule has 2 aliphatic rings. The second-order valence-corrected chi connectivity index (χ2v) is 11.0. The number of cyclic esters (lactones) is 4. The SMILES string of the molecule is CC(C)(CO)CO.CC(O)CO.O=C(O)CCCCC(=O)O.O=C(O)c1cccc(C(=O)O)c1.O=C1C=CC(=O)O1.O=C1OC(=O)c2ccccc21. The van der Waals surface area contributed by atoms with E-state index in [0.29, 0.717) is 24.0 Å². The first-order valence-corrected chi connectivity index (χ1v) is 15.0. The van der Waals surface area contributed by atoms with Gasteiger partial charge in [0.05, 0.1) is 48.2 Å². The lowest BCUT2D eigenvalue weighted by molar-refractivity contribution is -0.150. The Labute approximate surface area is 297 Å². The van der Waals surface area contributed by atoms with E-state index in [1.165, 1.54) is 25.1 Å². The summed E-state index contributed by atoms with van der Waals surface area (Å²) in [7, 11) is 0. The van der Waals surface area contributed by atoms with Crippen LogP contribution in [0.5, 0.6) is 0 Å². The molecule has 0 amide bonds. The van der Waals surface area contributed by atoms with Gasteiger partial charge < -0.3 is 50.3 Å². The summed E-state index contributed by atoms with van der Waals surface area (Å²) in [5.41, 5.74) is 0.375. The second kappa shape index (κ2) is 26.1. The minimum absolute atomic E-state index is 0.0186. The smallest absolute Gasteiger partial charge is 0.346 e. The van der Waals surface area contributed by atoms with Crippen LogP contribution in [-0.4, -0.2) is 115 Å². The molecule has 0 radical (unpaired) electrons. The fourth-order valence-corrected chi connectivity index (χ4v) is 2.72. The molecule has 286 valence electrons. The number of carboxylic acid groups (broad SMARTS) is 4. The van der Waals surface area contributed by atoms with Crippen LogP contribution < -0.4 is 0 Å². The molecule has 0 aromatic heterocycles. The van der Waals surface area contributed by atoms with Gasteiger partial charge in [-0.1, -0.05) is 32.0 Å². The normalized spacial score (nSPS) is 12.4. The minimum Gasteiger partial charge on any atom is -0.481 e. The Morgan fingerprint density at radius 3 is 1.25 bits per heavy atom. The number of carbonyl (C=O) groups is 8. The summed E-state index contributed by atoms with van der Waals surface area (Å²) in [6.45, 7) is 5.08. The lowest BCUT2D eigenvalue weighted by atomic mass is 9.97. The molecule has 8 N–H and O–H groups in total. The van der Waals surface area contributed by atoms with Gasteiger partial charge in [0.15, 0.2) is 0 Å². The number of carbonyl (C=O) groups excluding carboxylic acids is 4. The highest BCUT2D eigenvalue weighted by Gasteiger charge is 2.28. The van der Waals surface area contributed by atoms with Crippen LogP contribution in [0.15, 0.2) is 60.7 Å². The van der Waals surface area contributed by atoms with Crippen LogP contribution in [0.3, 0.4) is 0 Å². The molecule has 52 heavy (non-hydrogen) atoms. The number of unbranched alkanes of at least 4 members (excludes halogenated alkanes) is 1. The van der Waals surface area contributed by atoms with Crippen molar-refractivity contribution in [2.24, 2.45) is 5.41 Å². The number of hydrogen-bond donors (Lipinski definition) is 8. The van der Waals surface area contributed by atoms with Gasteiger partial charge in [0, 0.05) is 30.4 Å². The first-order chi connectivity index (χ1) is 24.2. The Balaban J connectivity index is 0. The standard InChI is InChI=1S/C8H6O4.C8H4O3.C6H10O4.C5H12O2.C4H2O3.C3H8O2/c9-7(10)5-2-1-3-6(4-5)8(11)12;9-7-5-3-1-2-4-6(5)8(10)11-7;7-5(8)3-1-2-4-6(9)10;1-5(2,3-6)4-7;5-3-1-2-4(6)7-3;1-3(5)2-4/h1-4H,(H,9,10)(H,11,12);1-4H;1-4H2,(H,7,8)(H,9,10);6-7H,3-4H2,1-2H3;1-2H;3-5H,2H2,1H3. The zero-order valence-electron chi connectivity index (χ0n) is 28.5. The summed E-state index contributed by atoms with van der Waals surface area (Å²) in [5, 5.41) is 66.1. The van der Waals surface area contributed by atoms with Gasteiger partial charge >= 0.3 is 47.8 Å². The molecule has 0 saturated carbocycles. The van der Waals surface area contributed by atoms with E-state index in [2.05, 4.69) is 9.47 Å². The maximum atomic E-state index is 10.8. The lowest BCUT2D eigenvalue weighted by Gasteiger charge is -2.16. The number of benzene rings is 2. The number of carboxylic acids is 4. The van der Waals surface area contributed by atoms with E-state index < -0.39 is 53.9 Å². The number of aliphatic hydroxyl groups excluding tert-OH is 4. The van der Waals surface area contributed by atoms with E-state index in [1.54, 1.807) is 38.1 Å². The predicted molar refractivity (Wildman–Crippen MR) is 177 cm³/mol. The largest absolute Gasteiger partial charge is 0.481 e. The average Bonchev–Trinajstić information content (AvgIpc) is 3.63. The summed E-state index contributed by atoms with van der Waals surface area (Å²) < 4.78 is 8.33. The van der Waals surface area contributed by atoms with Crippen LogP contribution in [0.2, 0.25) is 0 Å². The van der Waals surface area contributed by atoms with E-state index in [4.69, 9.17) is 40.9 Å². The molecule has 4 rings (SSSR count). The Kier molecular flexibility index (Phi) is 24.2. The number of aliphatic hydroxyl groups is 4. The number of fused-ring (bicyclic) bond motifs is 1. The molecule has 18 heteroatoms. The van der Waals surface area contributed by atoms with Crippen LogP contribution in [0.25, 0.3) is 0 Å². The van der Waals surface area contributed by atoms with Gasteiger partial charge in [-0.05, 0) is 50.1 Å². The molecule has 1 atom stereocenters. The molecule has 0 bridgehead atoms. The van der Waals surface area contributed by atoms with E-state index >= 15 is 0 Å². The number of esters is 4. The molecule has 0 saturated heterocycles. The third kappa shape index (κ3) is 23.5. The molecule has 2 aromatic carbocycles. The summed E-state index contributed by atoms with van der Waals surface area (Å²) >= 11 is 0. The van der Waals surface area contributed by atoms with Crippen molar-refractivity contribution in [2.75, 3.05) is 19.8 Å². The molecule has 2 aromatic rings. The Bertz CT molecular complexity index is 1440. The summed E-state index contributed by atoms with van der Waals surface area (Å²) in [4.78, 5) is 82.1. The van der Waals surface area contributed by atoms with E-state index in [1.807, 2.05) is 0 Å². The van der Waals surface area contributed by atoms with Crippen LogP contribution in [0, 0.1) is 5.41 Å². The monoisotopic (exact) mass is 738 g/mol. The number of hydrogen-bond acceptors (Lipinski definition) is 14. The van der Waals surface area contributed by atoms with E-state index in [9.17, 15) is 38.4 Å². The van der Waals surface area contributed by atoms with Crippen molar-refractivity contribution in [3.63, 3.8) is 0 Å². The fourth-order valence-electron chi connectivity index (χ4n) is 2.72. The Morgan fingerprint density at radius 1 is 0.654 bits per heavy atom. The minimum atomic E-state index is -1.13. The number of aromatic carboxylic acids is 2. The van der Waals surface area contributed by atoms with Crippen LogP contribution in [-0.2, 0) is 28.7 Å². The molecular formula is C34H42O18. The van der Waals surface area contributed by atoms with Crippen molar-refractivity contribution < 1.29 is 88.7 Å². The molecule has 2 heterocycles. The molecule has 0 aliphatic carbocycles. The van der Waals surface area contributed by atoms with Gasteiger partial charge in [0.25, 0.3) is 0 Å². The highest BCUT2D eigenvalue weighted by atomic mass is 16.6. The van der Waals surface area contributed by atoms with Crippen molar-refractivity contribution in [3.05, 3.63) is 82.9 Å². The lowest BCUT2D eigenvalue weighted by Crippen LogP contribution is -2.20. The highest BCUT2D eigenvalue weighted by Crippen LogP contribution is 2.18.